The Bertz CT molecular complexity index is 399. The second-order valence-electron chi connectivity index (χ2n) is 4.99. The first-order valence-corrected chi connectivity index (χ1v) is 6.80. The van der Waals surface area contributed by atoms with Gasteiger partial charge in [-0.1, -0.05) is 13.0 Å². The summed E-state index contributed by atoms with van der Waals surface area (Å²) in [6.07, 6.45) is 3.13. The molecular weight excluding hydrogens is 226 g/mol. The number of anilines is 1. The van der Waals surface area contributed by atoms with Crippen LogP contribution in [0.5, 0.6) is 5.75 Å². The molecule has 1 saturated carbocycles. The van der Waals surface area contributed by atoms with E-state index in [4.69, 9.17) is 4.74 Å². The first-order chi connectivity index (χ1) is 8.69. The molecule has 0 unspecified atom stereocenters. The molecule has 18 heavy (non-hydrogen) atoms. The van der Waals surface area contributed by atoms with Crippen LogP contribution in [0.25, 0.3) is 0 Å². The van der Waals surface area contributed by atoms with Crippen molar-refractivity contribution in [1.29, 1.82) is 0 Å². The maximum Gasteiger partial charge on any atom is 0.126 e. The van der Waals surface area contributed by atoms with Crippen LogP contribution < -0.4 is 9.64 Å². The molecule has 1 aromatic rings. The summed E-state index contributed by atoms with van der Waals surface area (Å²) in [5.41, 5.74) is 2.05. The second kappa shape index (κ2) is 5.61. The average molecular weight is 249 g/mol. The Morgan fingerprint density at radius 3 is 2.67 bits per heavy atom. The number of rotatable bonds is 6. The van der Waals surface area contributed by atoms with Gasteiger partial charge in [-0.3, -0.25) is 0 Å². The summed E-state index contributed by atoms with van der Waals surface area (Å²) in [4.78, 5) is 2.42. The van der Waals surface area contributed by atoms with Crippen molar-refractivity contribution in [1.82, 2.24) is 0 Å². The molecule has 100 valence electrons. The van der Waals surface area contributed by atoms with E-state index >= 15 is 0 Å². The number of methoxy groups -OCH3 is 1. The van der Waals surface area contributed by atoms with E-state index in [1.165, 1.54) is 12.8 Å². The summed E-state index contributed by atoms with van der Waals surface area (Å²) in [7, 11) is 1.66. The van der Waals surface area contributed by atoms with Crippen molar-refractivity contribution >= 4 is 5.69 Å². The zero-order valence-corrected chi connectivity index (χ0v) is 11.5. The number of hydrogen-bond acceptors (Lipinski definition) is 3. The standard InChI is InChI=1S/C15H23NO2/c1-4-10-16(12-8-9-12)13-6-5-7-14(18-3)15(13)11(2)17/h5-7,11-12,17H,4,8-10H2,1-3H3/t11-/m1/s1. The Labute approximate surface area is 109 Å². The van der Waals surface area contributed by atoms with Gasteiger partial charge in [-0.2, -0.15) is 0 Å². The van der Waals surface area contributed by atoms with Crippen molar-refractivity contribution in [2.45, 2.75) is 45.3 Å². The maximum atomic E-state index is 10.0. The molecule has 0 aliphatic heterocycles. The molecule has 3 nitrogen and oxygen atoms in total. The topological polar surface area (TPSA) is 32.7 Å². The lowest BCUT2D eigenvalue weighted by Gasteiger charge is -2.28. The normalized spacial score (nSPS) is 16.4. The van der Waals surface area contributed by atoms with Crippen molar-refractivity contribution < 1.29 is 9.84 Å². The third kappa shape index (κ3) is 2.61. The van der Waals surface area contributed by atoms with Gasteiger partial charge in [0.25, 0.3) is 0 Å². The third-order valence-corrected chi connectivity index (χ3v) is 3.44. The summed E-state index contributed by atoms with van der Waals surface area (Å²) in [6, 6.07) is 6.67. The number of benzene rings is 1. The van der Waals surface area contributed by atoms with Gasteiger partial charge >= 0.3 is 0 Å². The summed E-state index contributed by atoms with van der Waals surface area (Å²) in [6.45, 7) is 5.04. The summed E-state index contributed by atoms with van der Waals surface area (Å²) in [5.74, 6) is 0.782. The monoisotopic (exact) mass is 249 g/mol. The number of hydrogen-bond donors (Lipinski definition) is 1. The molecule has 1 atom stereocenters. The summed E-state index contributed by atoms with van der Waals surface area (Å²) in [5, 5.41) is 10.0. The molecule has 1 fully saturated rings. The smallest absolute Gasteiger partial charge is 0.126 e. The summed E-state index contributed by atoms with van der Waals surface area (Å²) >= 11 is 0. The number of aliphatic hydroxyl groups excluding tert-OH is 1. The zero-order valence-electron chi connectivity index (χ0n) is 11.5. The molecule has 2 rings (SSSR count). The van der Waals surface area contributed by atoms with Crippen molar-refractivity contribution in [3.05, 3.63) is 23.8 Å². The Kier molecular flexibility index (Phi) is 4.12. The fraction of sp³-hybridized carbons (Fsp3) is 0.600. The molecule has 1 aromatic carbocycles. The van der Waals surface area contributed by atoms with Crippen LogP contribution in [-0.4, -0.2) is 24.8 Å². The van der Waals surface area contributed by atoms with Crippen LogP contribution in [0.1, 0.15) is 44.8 Å². The van der Waals surface area contributed by atoms with Gasteiger partial charge in [-0.25, -0.2) is 0 Å². The quantitative estimate of drug-likeness (QED) is 0.840. The van der Waals surface area contributed by atoms with Gasteiger partial charge in [0.1, 0.15) is 5.75 Å². The van der Waals surface area contributed by atoms with Gasteiger partial charge in [-0.05, 0) is 38.3 Å². The van der Waals surface area contributed by atoms with Crippen molar-refractivity contribution in [2.75, 3.05) is 18.6 Å². The molecule has 0 saturated heterocycles. The third-order valence-electron chi connectivity index (χ3n) is 3.44. The molecule has 0 bridgehead atoms. The highest BCUT2D eigenvalue weighted by Gasteiger charge is 2.31. The Morgan fingerprint density at radius 2 is 2.17 bits per heavy atom. The fourth-order valence-corrected chi connectivity index (χ4v) is 2.51. The van der Waals surface area contributed by atoms with Crippen LogP contribution in [0, 0.1) is 0 Å². The molecule has 0 spiro atoms. The molecule has 0 radical (unpaired) electrons. The minimum absolute atomic E-state index is 0.505. The van der Waals surface area contributed by atoms with E-state index in [1.807, 2.05) is 12.1 Å². The van der Waals surface area contributed by atoms with Crippen LogP contribution in [-0.2, 0) is 0 Å². The Balaban J connectivity index is 2.40. The van der Waals surface area contributed by atoms with Gasteiger partial charge in [0.2, 0.25) is 0 Å². The van der Waals surface area contributed by atoms with Crippen molar-refractivity contribution in [3.8, 4) is 5.75 Å². The average Bonchev–Trinajstić information content (AvgIpc) is 3.19. The molecule has 0 heterocycles. The van der Waals surface area contributed by atoms with Gasteiger partial charge < -0.3 is 14.7 Å². The highest BCUT2D eigenvalue weighted by atomic mass is 16.5. The van der Waals surface area contributed by atoms with Gasteiger partial charge in [0, 0.05) is 23.8 Å². The minimum atomic E-state index is -0.505. The Morgan fingerprint density at radius 1 is 1.44 bits per heavy atom. The highest BCUT2D eigenvalue weighted by Crippen LogP contribution is 2.39. The number of ether oxygens (including phenoxy) is 1. The van der Waals surface area contributed by atoms with Crippen molar-refractivity contribution in [2.24, 2.45) is 0 Å². The molecule has 3 heteroatoms. The van der Waals surface area contributed by atoms with Gasteiger partial charge in [0.15, 0.2) is 0 Å². The van der Waals surface area contributed by atoms with Crippen LogP contribution in [0.15, 0.2) is 18.2 Å². The van der Waals surface area contributed by atoms with Crippen LogP contribution in [0.3, 0.4) is 0 Å². The lowest BCUT2D eigenvalue weighted by atomic mass is 10.1. The highest BCUT2D eigenvalue weighted by molar-refractivity contribution is 5.61. The SMILES string of the molecule is CCCN(c1cccc(OC)c1[C@@H](C)O)C1CC1. The lowest BCUT2D eigenvalue weighted by molar-refractivity contribution is 0.194. The van der Waals surface area contributed by atoms with E-state index in [0.717, 1.165) is 30.0 Å². The molecular formula is C15H23NO2. The largest absolute Gasteiger partial charge is 0.496 e. The van der Waals surface area contributed by atoms with E-state index in [-0.39, 0.29) is 0 Å². The number of nitrogens with zero attached hydrogens (tertiary/aromatic N) is 1. The van der Waals surface area contributed by atoms with E-state index in [9.17, 15) is 5.11 Å². The predicted octanol–water partition coefficient (Wildman–Crippen LogP) is 3.13. The van der Waals surface area contributed by atoms with Gasteiger partial charge in [-0.15, -0.1) is 0 Å². The molecule has 1 N–H and O–H groups in total. The van der Waals surface area contributed by atoms with Crippen LogP contribution in [0.4, 0.5) is 5.69 Å². The van der Waals surface area contributed by atoms with Gasteiger partial charge in [0.05, 0.1) is 13.2 Å². The van der Waals surface area contributed by atoms with Crippen molar-refractivity contribution in [3.63, 3.8) is 0 Å². The molecule has 0 amide bonds. The maximum absolute atomic E-state index is 10.0. The van der Waals surface area contributed by atoms with Crippen LogP contribution in [0.2, 0.25) is 0 Å². The minimum Gasteiger partial charge on any atom is -0.496 e. The summed E-state index contributed by atoms with van der Waals surface area (Å²) < 4.78 is 5.39. The van der Waals surface area contributed by atoms with E-state index in [2.05, 4.69) is 17.9 Å². The van der Waals surface area contributed by atoms with Crippen LogP contribution >= 0.6 is 0 Å². The van der Waals surface area contributed by atoms with E-state index < -0.39 is 6.10 Å². The second-order valence-corrected chi connectivity index (χ2v) is 4.99. The molecule has 0 aromatic heterocycles. The van der Waals surface area contributed by atoms with E-state index in [0.29, 0.717) is 6.04 Å². The number of aliphatic hydroxyl groups is 1. The first kappa shape index (κ1) is 13.2. The fourth-order valence-electron chi connectivity index (χ4n) is 2.51. The first-order valence-electron chi connectivity index (χ1n) is 6.80. The lowest BCUT2D eigenvalue weighted by Crippen LogP contribution is -2.28. The predicted molar refractivity (Wildman–Crippen MR) is 74.3 cm³/mol. The Hall–Kier alpha value is -1.22. The zero-order chi connectivity index (χ0) is 13.1. The molecule has 1 aliphatic rings. The molecule has 1 aliphatic carbocycles. The van der Waals surface area contributed by atoms with E-state index in [1.54, 1.807) is 14.0 Å².